The summed E-state index contributed by atoms with van der Waals surface area (Å²) >= 11 is 0. The number of anilines is 1. The Labute approximate surface area is 172 Å². The molecule has 1 saturated heterocycles. The number of carbonyl (C=O) groups is 1. The van der Waals surface area contributed by atoms with Gasteiger partial charge in [-0.15, -0.1) is 0 Å². The molecule has 0 bridgehead atoms. The summed E-state index contributed by atoms with van der Waals surface area (Å²) in [5.41, 5.74) is 1.13. The van der Waals surface area contributed by atoms with Crippen LogP contribution < -0.4 is 10.1 Å². The fraction of sp³-hybridized carbons (Fsp3) is 0.350. The molecule has 1 aliphatic heterocycles. The first-order valence-electron chi connectivity index (χ1n) is 9.54. The normalized spacial score (nSPS) is 16.3. The fourth-order valence-corrected chi connectivity index (χ4v) is 3.56. The Morgan fingerprint density at radius 3 is 3.07 bits per heavy atom. The first-order valence-corrected chi connectivity index (χ1v) is 9.54. The zero-order valence-electron chi connectivity index (χ0n) is 16.4. The molecule has 1 fully saturated rings. The number of imidazole rings is 1. The van der Waals surface area contributed by atoms with Crippen molar-refractivity contribution in [3.8, 4) is 23.3 Å². The van der Waals surface area contributed by atoms with Crippen LogP contribution >= 0.6 is 0 Å². The van der Waals surface area contributed by atoms with Gasteiger partial charge in [-0.25, -0.2) is 19.3 Å². The Kier molecular flexibility index (Phi) is 5.43. The average molecular weight is 409 g/mol. The highest BCUT2D eigenvalue weighted by atomic mass is 19.1. The largest absolute Gasteiger partial charge is 0.491 e. The second kappa shape index (κ2) is 8.32. The summed E-state index contributed by atoms with van der Waals surface area (Å²) in [7, 11) is 1.52. The van der Waals surface area contributed by atoms with Crippen molar-refractivity contribution in [2.45, 2.75) is 25.3 Å². The van der Waals surface area contributed by atoms with Gasteiger partial charge in [0, 0.05) is 25.3 Å². The number of amides is 1. The number of hydrogen-bond donors (Lipinski definition) is 1. The molecule has 0 saturated carbocycles. The van der Waals surface area contributed by atoms with Gasteiger partial charge < -0.3 is 15.0 Å². The summed E-state index contributed by atoms with van der Waals surface area (Å²) in [6, 6.07) is 4.78. The summed E-state index contributed by atoms with van der Waals surface area (Å²) < 4.78 is 20.7. The maximum atomic E-state index is 13.7. The lowest BCUT2D eigenvalue weighted by Gasteiger charge is -2.33. The second-order valence-corrected chi connectivity index (χ2v) is 6.99. The number of likely N-dealkylation sites (tertiary alicyclic amines) is 1. The van der Waals surface area contributed by atoms with Gasteiger partial charge in [-0.2, -0.15) is 5.26 Å². The summed E-state index contributed by atoms with van der Waals surface area (Å²) in [5.74, 6) is 0.738. The van der Waals surface area contributed by atoms with Crippen LogP contribution in [0.3, 0.4) is 0 Å². The number of piperidine rings is 1. The summed E-state index contributed by atoms with van der Waals surface area (Å²) in [4.78, 5) is 26.9. The molecule has 1 N–H and O–H groups in total. The molecule has 1 atom stereocenters. The van der Waals surface area contributed by atoms with Gasteiger partial charge in [-0.1, -0.05) is 0 Å². The number of halogens is 1. The van der Waals surface area contributed by atoms with E-state index in [1.54, 1.807) is 27.8 Å². The molecule has 0 unspecified atom stereocenters. The Bertz CT molecular complexity index is 1120. The first-order chi connectivity index (χ1) is 14.6. The number of nitrogens with zero attached hydrogens (tertiary/aromatic N) is 6. The van der Waals surface area contributed by atoms with Gasteiger partial charge in [0.25, 0.3) is 0 Å². The molecule has 154 valence electrons. The molecular weight excluding hydrogens is 389 g/mol. The van der Waals surface area contributed by atoms with E-state index in [2.05, 4.69) is 20.3 Å². The molecule has 4 rings (SSSR count). The van der Waals surface area contributed by atoms with E-state index in [1.807, 2.05) is 6.07 Å². The Balaban J connectivity index is 1.61. The van der Waals surface area contributed by atoms with Crippen LogP contribution in [0.2, 0.25) is 0 Å². The minimum absolute atomic E-state index is 0.0438. The predicted octanol–water partition coefficient (Wildman–Crippen LogP) is 2.26. The topological polar surface area (TPSA) is 108 Å². The number of ether oxygens (including phenoxy) is 1. The molecule has 1 amide bonds. The van der Waals surface area contributed by atoms with Crippen LogP contribution in [0.4, 0.5) is 10.2 Å². The summed E-state index contributed by atoms with van der Waals surface area (Å²) in [6.45, 7) is 1.11. The number of hydrogen-bond acceptors (Lipinski definition) is 7. The Morgan fingerprint density at radius 2 is 2.27 bits per heavy atom. The lowest BCUT2D eigenvalue weighted by Crippen LogP contribution is -2.45. The number of nitrogens with one attached hydrogen (secondary N) is 1. The number of nitriles is 1. The van der Waals surface area contributed by atoms with Gasteiger partial charge in [0.2, 0.25) is 5.91 Å². The molecule has 0 aliphatic carbocycles. The fourth-order valence-electron chi connectivity index (χ4n) is 3.56. The predicted molar refractivity (Wildman–Crippen MR) is 106 cm³/mol. The first kappa shape index (κ1) is 19.6. The molecule has 0 radical (unpaired) electrons. The maximum Gasteiger partial charge on any atom is 0.236 e. The smallest absolute Gasteiger partial charge is 0.236 e. The lowest BCUT2D eigenvalue weighted by atomic mass is 10.1. The summed E-state index contributed by atoms with van der Waals surface area (Å²) in [6.07, 6.45) is 6.01. The van der Waals surface area contributed by atoms with Crippen molar-refractivity contribution >= 4 is 17.4 Å². The van der Waals surface area contributed by atoms with Crippen LogP contribution in [0.5, 0.6) is 5.75 Å². The molecule has 9 nitrogen and oxygen atoms in total. The van der Waals surface area contributed by atoms with E-state index >= 15 is 0 Å². The highest BCUT2D eigenvalue weighted by molar-refractivity contribution is 5.78. The van der Waals surface area contributed by atoms with E-state index in [9.17, 15) is 9.18 Å². The quantitative estimate of drug-likeness (QED) is 0.688. The number of pyridine rings is 1. The second-order valence-electron chi connectivity index (χ2n) is 6.99. The molecule has 30 heavy (non-hydrogen) atoms. The number of methoxy groups -OCH3 is 1. The number of fused-ring (bicyclic) bond motifs is 1. The van der Waals surface area contributed by atoms with Crippen LogP contribution in [0.25, 0.3) is 17.2 Å². The summed E-state index contributed by atoms with van der Waals surface area (Å²) in [5, 5.41) is 12.1. The van der Waals surface area contributed by atoms with Gasteiger partial charge in [-0.05, 0) is 25.0 Å². The van der Waals surface area contributed by atoms with Crippen LogP contribution in [0, 0.1) is 17.1 Å². The van der Waals surface area contributed by atoms with E-state index in [0.29, 0.717) is 41.8 Å². The SMILES string of the molecule is COc1cnc(-c2cnc3ccc(F)cn23)nc1N[C@@H]1CCCN(C(=O)CC#N)C1. The van der Waals surface area contributed by atoms with E-state index in [0.717, 1.165) is 12.8 Å². The number of rotatable bonds is 5. The molecule has 1 aliphatic rings. The number of carbonyl (C=O) groups excluding carboxylic acids is 1. The maximum absolute atomic E-state index is 13.7. The molecule has 4 heterocycles. The van der Waals surface area contributed by atoms with E-state index in [1.165, 1.54) is 19.4 Å². The highest BCUT2D eigenvalue weighted by Crippen LogP contribution is 2.27. The zero-order chi connectivity index (χ0) is 21.1. The Hall–Kier alpha value is -3.74. The van der Waals surface area contributed by atoms with Crippen LogP contribution in [-0.4, -0.2) is 56.4 Å². The Morgan fingerprint density at radius 1 is 1.40 bits per heavy atom. The third-order valence-corrected chi connectivity index (χ3v) is 5.02. The van der Waals surface area contributed by atoms with Crippen LogP contribution in [0.1, 0.15) is 19.3 Å². The van der Waals surface area contributed by atoms with Gasteiger partial charge in [0.05, 0.1) is 25.6 Å². The van der Waals surface area contributed by atoms with Gasteiger partial charge in [-0.3, -0.25) is 9.20 Å². The molecule has 10 heteroatoms. The third kappa shape index (κ3) is 3.87. The molecule has 0 spiro atoms. The van der Waals surface area contributed by atoms with Crippen molar-refractivity contribution in [1.82, 2.24) is 24.3 Å². The molecule has 3 aromatic rings. The van der Waals surface area contributed by atoms with Crippen molar-refractivity contribution < 1.29 is 13.9 Å². The van der Waals surface area contributed by atoms with Gasteiger partial charge in [0.15, 0.2) is 17.4 Å². The third-order valence-electron chi connectivity index (χ3n) is 5.02. The monoisotopic (exact) mass is 409 g/mol. The average Bonchev–Trinajstić information content (AvgIpc) is 3.17. The zero-order valence-corrected chi connectivity index (χ0v) is 16.4. The van der Waals surface area contributed by atoms with E-state index in [-0.39, 0.29) is 18.4 Å². The molecule has 3 aromatic heterocycles. The van der Waals surface area contributed by atoms with E-state index < -0.39 is 5.82 Å². The van der Waals surface area contributed by atoms with Crippen molar-refractivity contribution in [3.63, 3.8) is 0 Å². The minimum atomic E-state index is -0.391. The van der Waals surface area contributed by atoms with Crippen LogP contribution in [0.15, 0.2) is 30.7 Å². The van der Waals surface area contributed by atoms with E-state index in [4.69, 9.17) is 10.00 Å². The van der Waals surface area contributed by atoms with Crippen molar-refractivity contribution in [1.29, 1.82) is 5.26 Å². The van der Waals surface area contributed by atoms with Gasteiger partial charge >= 0.3 is 0 Å². The number of aromatic nitrogens is 4. The van der Waals surface area contributed by atoms with Crippen molar-refractivity contribution in [2.75, 3.05) is 25.5 Å². The standard InChI is InChI=1S/C20H20FN7O2/c1-30-16-10-24-19(15-9-23-17-5-4-13(21)11-28(15)17)26-20(16)25-14-3-2-8-27(12-14)18(29)6-7-22/h4-5,9-11,14H,2-3,6,8,12H2,1H3,(H,24,25,26)/t14-/m1/s1. The van der Waals surface area contributed by atoms with Crippen molar-refractivity contribution in [3.05, 3.63) is 36.5 Å². The highest BCUT2D eigenvalue weighted by Gasteiger charge is 2.25. The van der Waals surface area contributed by atoms with Crippen LogP contribution in [-0.2, 0) is 4.79 Å². The molecule has 0 aromatic carbocycles. The minimum Gasteiger partial charge on any atom is -0.491 e. The lowest BCUT2D eigenvalue weighted by molar-refractivity contribution is -0.131. The van der Waals surface area contributed by atoms with Gasteiger partial charge in [0.1, 0.15) is 23.6 Å². The molecular formula is C20H20FN7O2. The van der Waals surface area contributed by atoms with Crippen molar-refractivity contribution in [2.24, 2.45) is 0 Å².